The van der Waals surface area contributed by atoms with Crippen molar-refractivity contribution in [1.29, 1.82) is 0 Å². The summed E-state index contributed by atoms with van der Waals surface area (Å²) in [6.07, 6.45) is 0. The number of nitrogens with zero attached hydrogens (tertiary/aromatic N) is 2. The Morgan fingerprint density at radius 2 is 1.94 bits per heavy atom. The van der Waals surface area contributed by atoms with Crippen LogP contribution in [-0.4, -0.2) is 78.5 Å². The SMILES string of the molecule is CC(=O)CN1CCNCCN(CC(=O)O)C[C@@H]1C. The summed E-state index contributed by atoms with van der Waals surface area (Å²) in [7, 11) is 0. The summed E-state index contributed by atoms with van der Waals surface area (Å²) in [4.78, 5) is 26.0. The first-order chi connectivity index (χ1) is 8.49. The van der Waals surface area contributed by atoms with E-state index >= 15 is 0 Å². The molecule has 0 aromatic carbocycles. The third-order valence-corrected chi connectivity index (χ3v) is 3.11. The third-order valence-electron chi connectivity index (χ3n) is 3.11. The zero-order chi connectivity index (χ0) is 13.5. The van der Waals surface area contributed by atoms with Gasteiger partial charge < -0.3 is 10.4 Å². The van der Waals surface area contributed by atoms with Crippen molar-refractivity contribution in [2.75, 3.05) is 45.8 Å². The summed E-state index contributed by atoms with van der Waals surface area (Å²) in [6.45, 7) is 7.97. The van der Waals surface area contributed by atoms with Crippen LogP contribution in [0.5, 0.6) is 0 Å². The standard InChI is InChI=1S/C12H23N3O3/c1-10-7-14(9-12(17)18)5-3-13-4-6-15(10)8-11(2)16/h10,13H,3-9H2,1-2H3,(H,17,18)/t10-/m0/s1. The highest BCUT2D eigenvalue weighted by Gasteiger charge is 2.21. The normalized spacial score (nSPS) is 24.0. The fourth-order valence-electron chi connectivity index (χ4n) is 2.24. The average molecular weight is 257 g/mol. The maximum absolute atomic E-state index is 11.2. The number of rotatable bonds is 4. The van der Waals surface area contributed by atoms with Crippen LogP contribution in [0.15, 0.2) is 0 Å². The molecule has 104 valence electrons. The minimum Gasteiger partial charge on any atom is -0.480 e. The monoisotopic (exact) mass is 257 g/mol. The number of carboxylic acids is 1. The molecule has 6 nitrogen and oxygen atoms in total. The van der Waals surface area contributed by atoms with Gasteiger partial charge in [0.1, 0.15) is 5.78 Å². The van der Waals surface area contributed by atoms with Crippen molar-refractivity contribution >= 4 is 11.8 Å². The number of aliphatic carboxylic acids is 1. The van der Waals surface area contributed by atoms with Gasteiger partial charge in [-0.2, -0.15) is 0 Å². The number of carboxylic acid groups (broad SMARTS) is 1. The molecule has 0 aromatic rings. The van der Waals surface area contributed by atoms with Crippen LogP contribution >= 0.6 is 0 Å². The van der Waals surface area contributed by atoms with Crippen LogP contribution in [0.2, 0.25) is 0 Å². The fraction of sp³-hybridized carbons (Fsp3) is 0.833. The van der Waals surface area contributed by atoms with Gasteiger partial charge in [-0.15, -0.1) is 0 Å². The number of nitrogens with one attached hydrogen (secondary N) is 1. The number of hydrogen-bond acceptors (Lipinski definition) is 5. The van der Waals surface area contributed by atoms with Crippen molar-refractivity contribution < 1.29 is 14.7 Å². The number of carbonyl (C=O) groups is 2. The number of hydrogen-bond donors (Lipinski definition) is 2. The lowest BCUT2D eigenvalue weighted by atomic mass is 10.2. The van der Waals surface area contributed by atoms with E-state index in [-0.39, 0.29) is 18.4 Å². The van der Waals surface area contributed by atoms with Gasteiger partial charge >= 0.3 is 5.97 Å². The topological polar surface area (TPSA) is 72.9 Å². The highest BCUT2D eigenvalue weighted by molar-refractivity contribution is 5.77. The van der Waals surface area contributed by atoms with Crippen molar-refractivity contribution in [3.05, 3.63) is 0 Å². The van der Waals surface area contributed by atoms with Gasteiger partial charge in [0.05, 0.1) is 13.1 Å². The molecule has 0 bridgehead atoms. The quantitative estimate of drug-likeness (QED) is 0.691. The molecule has 0 amide bonds. The second kappa shape index (κ2) is 7.45. The molecule has 18 heavy (non-hydrogen) atoms. The average Bonchev–Trinajstić information content (AvgIpc) is 2.31. The van der Waals surface area contributed by atoms with Gasteiger partial charge in [-0.05, 0) is 13.8 Å². The molecular weight excluding hydrogens is 234 g/mol. The van der Waals surface area contributed by atoms with Gasteiger partial charge in [-0.25, -0.2) is 0 Å². The van der Waals surface area contributed by atoms with Crippen LogP contribution in [0, 0.1) is 0 Å². The van der Waals surface area contributed by atoms with E-state index in [1.807, 2.05) is 11.8 Å². The van der Waals surface area contributed by atoms with E-state index in [0.717, 1.165) is 26.2 Å². The van der Waals surface area contributed by atoms with Crippen molar-refractivity contribution in [2.45, 2.75) is 19.9 Å². The Balaban J connectivity index is 2.61. The molecule has 1 saturated heterocycles. The van der Waals surface area contributed by atoms with E-state index in [1.54, 1.807) is 6.92 Å². The Morgan fingerprint density at radius 1 is 1.28 bits per heavy atom. The predicted molar refractivity (Wildman–Crippen MR) is 68.7 cm³/mol. The first-order valence-corrected chi connectivity index (χ1v) is 6.37. The van der Waals surface area contributed by atoms with Crippen LogP contribution in [0.4, 0.5) is 0 Å². The van der Waals surface area contributed by atoms with Crippen molar-refractivity contribution in [2.24, 2.45) is 0 Å². The number of ketones is 1. The lowest BCUT2D eigenvalue weighted by Crippen LogP contribution is -2.46. The van der Waals surface area contributed by atoms with Gasteiger partial charge in [-0.1, -0.05) is 0 Å². The van der Waals surface area contributed by atoms with Crippen molar-refractivity contribution in [3.8, 4) is 0 Å². The fourth-order valence-corrected chi connectivity index (χ4v) is 2.24. The maximum Gasteiger partial charge on any atom is 0.317 e. The van der Waals surface area contributed by atoms with Gasteiger partial charge in [0.2, 0.25) is 0 Å². The van der Waals surface area contributed by atoms with E-state index in [1.165, 1.54) is 0 Å². The van der Waals surface area contributed by atoms with Crippen molar-refractivity contribution in [3.63, 3.8) is 0 Å². The first kappa shape index (κ1) is 15.1. The van der Waals surface area contributed by atoms with Crippen LogP contribution in [0.1, 0.15) is 13.8 Å². The summed E-state index contributed by atoms with van der Waals surface area (Å²) in [6, 6.07) is 0.188. The molecule has 1 heterocycles. The molecule has 0 unspecified atom stereocenters. The summed E-state index contributed by atoms with van der Waals surface area (Å²) in [5, 5.41) is 12.1. The molecule has 1 rings (SSSR count). The van der Waals surface area contributed by atoms with Crippen LogP contribution < -0.4 is 5.32 Å². The molecule has 1 aliphatic heterocycles. The highest BCUT2D eigenvalue weighted by Crippen LogP contribution is 2.04. The molecular formula is C12H23N3O3. The molecule has 2 N–H and O–H groups in total. The van der Waals surface area contributed by atoms with E-state index in [9.17, 15) is 9.59 Å². The summed E-state index contributed by atoms with van der Waals surface area (Å²) in [5.74, 6) is -0.662. The molecule has 6 heteroatoms. The Morgan fingerprint density at radius 3 is 2.56 bits per heavy atom. The highest BCUT2D eigenvalue weighted by atomic mass is 16.4. The molecule has 1 fully saturated rings. The number of carbonyl (C=O) groups excluding carboxylic acids is 1. The molecule has 1 aliphatic rings. The Hall–Kier alpha value is -0.980. The predicted octanol–water partition coefficient (Wildman–Crippen LogP) is -0.744. The lowest BCUT2D eigenvalue weighted by Gasteiger charge is -2.30. The van der Waals surface area contributed by atoms with E-state index in [0.29, 0.717) is 13.1 Å². The van der Waals surface area contributed by atoms with Gasteiger partial charge in [0.25, 0.3) is 0 Å². The molecule has 0 spiro atoms. The molecule has 0 saturated carbocycles. The second-order valence-electron chi connectivity index (χ2n) is 4.90. The van der Waals surface area contributed by atoms with Gasteiger partial charge in [0.15, 0.2) is 0 Å². The molecule has 0 aromatic heterocycles. The minimum absolute atomic E-state index is 0.0555. The number of Topliss-reactive ketones (excluding diaryl/α,β-unsaturated/α-hetero) is 1. The van der Waals surface area contributed by atoms with E-state index in [2.05, 4.69) is 10.2 Å². The van der Waals surface area contributed by atoms with Crippen LogP contribution in [0.25, 0.3) is 0 Å². The minimum atomic E-state index is -0.806. The maximum atomic E-state index is 11.2. The summed E-state index contributed by atoms with van der Waals surface area (Å²) < 4.78 is 0. The zero-order valence-corrected chi connectivity index (χ0v) is 11.2. The van der Waals surface area contributed by atoms with E-state index in [4.69, 9.17) is 5.11 Å². The van der Waals surface area contributed by atoms with Gasteiger partial charge in [-0.3, -0.25) is 19.4 Å². The zero-order valence-electron chi connectivity index (χ0n) is 11.2. The molecule has 0 aliphatic carbocycles. The van der Waals surface area contributed by atoms with E-state index < -0.39 is 5.97 Å². The largest absolute Gasteiger partial charge is 0.480 e. The lowest BCUT2D eigenvalue weighted by molar-refractivity contribution is -0.138. The second-order valence-corrected chi connectivity index (χ2v) is 4.90. The summed E-state index contributed by atoms with van der Waals surface area (Å²) in [5.41, 5.74) is 0. The Labute approximate surface area is 108 Å². The van der Waals surface area contributed by atoms with Crippen molar-refractivity contribution in [1.82, 2.24) is 15.1 Å². The van der Waals surface area contributed by atoms with Gasteiger partial charge in [0, 0.05) is 38.8 Å². The third kappa shape index (κ3) is 5.57. The smallest absolute Gasteiger partial charge is 0.317 e. The van der Waals surface area contributed by atoms with Crippen LogP contribution in [0.3, 0.4) is 0 Å². The molecule has 0 radical (unpaired) electrons. The molecule has 1 atom stereocenters. The Kier molecular flexibility index (Phi) is 6.24. The first-order valence-electron chi connectivity index (χ1n) is 6.37. The van der Waals surface area contributed by atoms with Crippen LogP contribution in [-0.2, 0) is 9.59 Å². The Bertz CT molecular complexity index is 296. The summed E-state index contributed by atoms with van der Waals surface area (Å²) >= 11 is 0.